The Labute approximate surface area is 90.9 Å². The first-order valence-corrected chi connectivity index (χ1v) is 5.52. The summed E-state index contributed by atoms with van der Waals surface area (Å²) in [6.45, 7) is 4.37. The molecule has 1 aromatic carbocycles. The van der Waals surface area contributed by atoms with Crippen LogP contribution < -0.4 is 4.74 Å². The molecule has 1 unspecified atom stereocenters. The minimum absolute atomic E-state index is 0.184. The number of aliphatic hydroxyl groups excluding tert-OH is 1. The second-order valence-electron chi connectivity index (χ2n) is 4.64. The average Bonchev–Trinajstić information content (AvgIpc) is 2.19. The minimum atomic E-state index is -0.184. The van der Waals surface area contributed by atoms with Crippen molar-refractivity contribution in [1.29, 1.82) is 0 Å². The Morgan fingerprint density at radius 3 is 3.00 bits per heavy atom. The fourth-order valence-electron chi connectivity index (χ4n) is 2.13. The number of aryl methyl sites for hydroxylation is 2. The van der Waals surface area contributed by atoms with E-state index in [1.165, 1.54) is 11.1 Å². The summed E-state index contributed by atoms with van der Waals surface area (Å²) >= 11 is 0. The van der Waals surface area contributed by atoms with Crippen molar-refractivity contribution in [2.24, 2.45) is 0 Å². The lowest BCUT2D eigenvalue weighted by Crippen LogP contribution is -2.37. The zero-order valence-electron chi connectivity index (χ0n) is 9.42. The van der Waals surface area contributed by atoms with E-state index in [4.69, 9.17) is 9.84 Å². The lowest BCUT2D eigenvalue weighted by molar-refractivity contribution is 0.0389. The first-order valence-electron chi connectivity index (χ1n) is 5.52. The largest absolute Gasteiger partial charge is 0.487 e. The molecule has 0 amide bonds. The number of rotatable bonds is 2. The van der Waals surface area contributed by atoms with E-state index >= 15 is 0 Å². The van der Waals surface area contributed by atoms with Crippen molar-refractivity contribution >= 4 is 0 Å². The van der Waals surface area contributed by atoms with Crippen LogP contribution in [0.1, 0.15) is 30.9 Å². The molecular weight excluding hydrogens is 188 g/mol. The van der Waals surface area contributed by atoms with Crippen molar-refractivity contribution < 1.29 is 9.84 Å². The lowest BCUT2D eigenvalue weighted by Gasteiger charge is -2.35. The quantitative estimate of drug-likeness (QED) is 0.805. The van der Waals surface area contributed by atoms with Crippen LogP contribution in [0.15, 0.2) is 18.2 Å². The molecule has 15 heavy (non-hydrogen) atoms. The third kappa shape index (κ3) is 2.15. The normalized spacial score (nSPS) is 24.5. The third-order valence-corrected chi connectivity index (χ3v) is 3.14. The van der Waals surface area contributed by atoms with E-state index in [0.717, 1.165) is 18.6 Å². The number of benzene rings is 1. The Balaban J connectivity index is 2.23. The van der Waals surface area contributed by atoms with Gasteiger partial charge in [0.1, 0.15) is 11.4 Å². The number of hydrogen-bond acceptors (Lipinski definition) is 2. The summed E-state index contributed by atoms with van der Waals surface area (Å²) in [6, 6.07) is 6.30. The van der Waals surface area contributed by atoms with Gasteiger partial charge in [-0.3, -0.25) is 0 Å². The monoisotopic (exact) mass is 206 g/mol. The van der Waals surface area contributed by atoms with Crippen LogP contribution in [-0.2, 0) is 6.42 Å². The third-order valence-electron chi connectivity index (χ3n) is 3.14. The van der Waals surface area contributed by atoms with Crippen LogP contribution in [0.5, 0.6) is 5.75 Å². The number of aliphatic hydroxyl groups is 1. The van der Waals surface area contributed by atoms with Gasteiger partial charge in [0.15, 0.2) is 0 Å². The minimum Gasteiger partial charge on any atom is -0.487 e. The van der Waals surface area contributed by atoms with E-state index in [9.17, 15) is 0 Å². The summed E-state index contributed by atoms with van der Waals surface area (Å²) in [7, 11) is 0. The zero-order chi connectivity index (χ0) is 10.9. The summed E-state index contributed by atoms with van der Waals surface area (Å²) in [5, 5.41) is 9.00. The molecule has 0 saturated heterocycles. The molecule has 0 radical (unpaired) electrons. The maximum absolute atomic E-state index is 9.00. The van der Waals surface area contributed by atoms with E-state index in [1.54, 1.807) is 0 Å². The molecular formula is C13H18O2. The molecule has 1 aliphatic rings. The van der Waals surface area contributed by atoms with Crippen molar-refractivity contribution in [1.82, 2.24) is 0 Å². The summed E-state index contributed by atoms with van der Waals surface area (Å²) < 4.78 is 5.95. The van der Waals surface area contributed by atoms with E-state index in [2.05, 4.69) is 26.0 Å². The number of ether oxygens (including phenoxy) is 1. The summed E-state index contributed by atoms with van der Waals surface area (Å²) in [6.07, 6.45) is 2.75. The average molecular weight is 206 g/mol. The zero-order valence-corrected chi connectivity index (χ0v) is 9.42. The SMILES string of the molecule is Cc1ccc2c(c1)CCC(C)(CCO)O2. The molecule has 1 aliphatic heterocycles. The smallest absolute Gasteiger partial charge is 0.123 e. The van der Waals surface area contributed by atoms with Gasteiger partial charge in [-0.25, -0.2) is 0 Å². The number of hydrogen-bond donors (Lipinski definition) is 1. The van der Waals surface area contributed by atoms with Crippen molar-refractivity contribution in [2.75, 3.05) is 6.61 Å². The van der Waals surface area contributed by atoms with E-state index < -0.39 is 0 Å². The van der Waals surface area contributed by atoms with E-state index in [1.807, 2.05) is 6.07 Å². The van der Waals surface area contributed by atoms with Gasteiger partial charge in [0.05, 0.1) is 0 Å². The first kappa shape index (κ1) is 10.5. The highest BCUT2D eigenvalue weighted by Crippen LogP contribution is 2.35. The lowest BCUT2D eigenvalue weighted by atomic mass is 9.90. The van der Waals surface area contributed by atoms with Crippen LogP contribution in [0, 0.1) is 6.92 Å². The van der Waals surface area contributed by atoms with Gasteiger partial charge in [0, 0.05) is 13.0 Å². The van der Waals surface area contributed by atoms with Gasteiger partial charge in [-0.15, -0.1) is 0 Å². The molecule has 2 heteroatoms. The van der Waals surface area contributed by atoms with E-state index in [0.29, 0.717) is 6.42 Å². The van der Waals surface area contributed by atoms with Crippen LogP contribution in [0.3, 0.4) is 0 Å². The van der Waals surface area contributed by atoms with Crippen LogP contribution >= 0.6 is 0 Å². The molecule has 1 aromatic rings. The van der Waals surface area contributed by atoms with Crippen molar-refractivity contribution in [2.45, 2.75) is 38.7 Å². The summed E-state index contributed by atoms with van der Waals surface area (Å²) in [4.78, 5) is 0. The highest BCUT2D eigenvalue weighted by Gasteiger charge is 2.30. The van der Waals surface area contributed by atoms with E-state index in [-0.39, 0.29) is 12.2 Å². The maximum Gasteiger partial charge on any atom is 0.123 e. The van der Waals surface area contributed by atoms with Gasteiger partial charge >= 0.3 is 0 Å². The van der Waals surface area contributed by atoms with Crippen LogP contribution in [0.25, 0.3) is 0 Å². The van der Waals surface area contributed by atoms with Crippen LogP contribution in [0.4, 0.5) is 0 Å². The molecule has 82 valence electrons. The Bertz CT molecular complexity index is 360. The predicted octanol–water partition coefficient (Wildman–Crippen LogP) is 2.46. The van der Waals surface area contributed by atoms with Gasteiger partial charge in [0.2, 0.25) is 0 Å². The fourth-order valence-corrected chi connectivity index (χ4v) is 2.13. The highest BCUT2D eigenvalue weighted by molar-refractivity contribution is 5.39. The Kier molecular flexibility index (Phi) is 2.70. The Hall–Kier alpha value is -1.02. The molecule has 2 rings (SSSR count). The standard InChI is InChI=1S/C13H18O2/c1-10-3-4-12-11(9-10)5-6-13(2,15-12)7-8-14/h3-4,9,14H,5-8H2,1-2H3. The van der Waals surface area contributed by atoms with Gasteiger partial charge in [0.25, 0.3) is 0 Å². The maximum atomic E-state index is 9.00. The summed E-state index contributed by atoms with van der Waals surface area (Å²) in [5.74, 6) is 0.989. The molecule has 0 aromatic heterocycles. The molecule has 0 spiro atoms. The number of fused-ring (bicyclic) bond motifs is 1. The molecule has 1 atom stereocenters. The first-order chi connectivity index (χ1) is 7.13. The Morgan fingerprint density at radius 1 is 1.47 bits per heavy atom. The molecule has 2 nitrogen and oxygen atoms in total. The van der Waals surface area contributed by atoms with Crippen LogP contribution in [0.2, 0.25) is 0 Å². The second kappa shape index (κ2) is 3.86. The highest BCUT2D eigenvalue weighted by atomic mass is 16.5. The molecule has 0 aliphatic carbocycles. The molecule has 1 N–H and O–H groups in total. The van der Waals surface area contributed by atoms with Gasteiger partial charge < -0.3 is 9.84 Å². The molecule has 1 heterocycles. The molecule has 0 saturated carbocycles. The Morgan fingerprint density at radius 2 is 2.27 bits per heavy atom. The molecule has 0 bridgehead atoms. The van der Waals surface area contributed by atoms with Gasteiger partial charge in [-0.2, -0.15) is 0 Å². The fraction of sp³-hybridized carbons (Fsp3) is 0.538. The van der Waals surface area contributed by atoms with Crippen molar-refractivity contribution in [3.63, 3.8) is 0 Å². The van der Waals surface area contributed by atoms with Crippen LogP contribution in [-0.4, -0.2) is 17.3 Å². The topological polar surface area (TPSA) is 29.5 Å². The molecule has 0 fully saturated rings. The van der Waals surface area contributed by atoms with Crippen molar-refractivity contribution in [3.05, 3.63) is 29.3 Å². The summed E-state index contributed by atoms with van der Waals surface area (Å²) in [5.41, 5.74) is 2.39. The van der Waals surface area contributed by atoms with Gasteiger partial charge in [-0.05, 0) is 38.3 Å². The predicted molar refractivity (Wildman–Crippen MR) is 60.2 cm³/mol. The van der Waals surface area contributed by atoms with Gasteiger partial charge in [-0.1, -0.05) is 17.7 Å². The van der Waals surface area contributed by atoms with Crippen molar-refractivity contribution in [3.8, 4) is 5.75 Å². The second-order valence-corrected chi connectivity index (χ2v) is 4.64.